The minimum Gasteiger partial charge on any atom is -0.378 e. The number of rotatable bonds is 6. The molecule has 0 aliphatic rings. The van der Waals surface area contributed by atoms with Gasteiger partial charge in [0.1, 0.15) is 6.10 Å². The summed E-state index contributed by atoms with van der Waals surface area (Å²) in [5, 5.41) is 0. The summed E-state index contributed by atoms with van der Waals surface area (Å²) in [5.41, 5.74) is 1.46. The fraction of sp³-hybridized carbons (Fsp3) is 0.267. The van der Waals surface area contributed by atoms with Crippen molar-refractivity contribution >= 4 is 5.78 Å². The van der Waals surface area contributed by atoms with Gasteiger partial charge in [-0.3, -0.25) is 4.79 Å². The standard InChI is InChI=1S/C15H19NO2/c1-12(16(2)3)10-11-14(18-4)15(17)13-8-6-5-7-9-13/h5-11,14H,1H2,2-4H3. The van der Waals surface area contributed by atoms with Gasteiger partial charge in [-0.15, -0.1) is 0 Å². The SMILES string of the molecule is C=C(C=CC(OC)C(=O)c1ccccc1)N(C)C. The molecule has 0 heterocycles. The lowest BCUT2D eigenvalue weighted by Crippen LogP contribution is -2.21. The van der Waals surface area contributed by atoms with Crippen LogP contribution in [0.5, 0.6) is 0 Å². The Labute approximate surface area is 108 Å². The normalized spacial score (nSPS) is 12.4. The van der Waals surface area contributed by atoms with Gasteiger partial charge in [-0.25, -0.2) is 0 Å². The largest absolute Gasteiger partial charge is 0.378 e. The number of carbonyl (C=O) groups is 1. The Kier molecular flexibility index (Phi) is 5.33. The Morgan fingerprint density at radius 1 is 1.33 bits per heavy atom. The highest BCUT2D eigenvalue weighted by atomic mass is 16.5. The first-order valence-electron chi connectivity index (χ1n) is 5.72. The molecule has 96 valence electrons. The number of methoxy groups -OCH3 is 1. The second kappa shape index (κ2) is 6.77. The van der Waals surface area contributed by atoms with E-state index in [0.29, 0.717) is 5.56 Å². The van der Waals surface area contributed by atoms with Gasteiger partial charge in [0.05, 0.1) is 0 Å². The van der Waals surface area contributed by atoms with Crippen LogP contribution in [0.4, 0.5) is 0 Å². The van der Waals surface area contributed by atoms with Gasteiger partial charge < -0.3 is 9.64 Å². The van der Waals surface area contributed by atoms with Crippen LogP contribution < -0.4 is 0 Å². The maximum atomic E-state index is 12.1. The van der Waals surface area contributed by atoms with Gasteiger partial charge in [-0.2, -0.15) is 0 Å². The van der Waals surface area contributed by atoms with E-state index in [-0.39, 0.29) is 5.78 Å². The summed E-state index contributed by atoms with van der Waals surface area (Å²) >= 11 is 0. The molecule has 1 rings (SSSR count). The predicted molar refractivity (Wildman–Crippen MR) is 73.5 cm³/mol. The van der Waals surface area contributed by atoms with Crippen molar-refractivity contribution in [1.29, 1.82) is 0 Å². The monoisotopic (exact) mass is 245 g/mol. The van der Waals surface area contributed by atoms with Crippen LogP contribution in [-0.2, 0) is 4.74 Å². The van der Waals surface area contributed by atoms with E-state index >= 15 is 0 Å². The van der Waals surface area contributed by atoms with Crippen molar-refractivity contribution in [1.82, 2.24) is 4.90 Å². The smallest absolute Gasteiger partial charge is 0.195 e. The third-order valence-corrected chi connectivity index (χ3v) is 2.61. The maximum absolute atomic E-state index is 12.1. The Morgan fingerprint density at radius 2 is 1.94 bits per heavy atom. The number of hydrogen-bond acceptors (Lipinski definition) is 3. The lowest BCUT2D eigenvalue weighted by molar-refractivity contribution is 0.0719. The molecule has 0 radical (unpaired) electrons. The average Bonchev–Trinajstić information content (AvgIpc) is 2.39. The molecule has 1 aromatic rings. The summed E-state index contributed by atoms with van der Waals surface area (Å²) in [5.74, 6) is -0.0547. The van der Waals surface area contributed by atoms with Crippen molar-refractivity contribution < 1.29 is 9.53 Å². The van der Waals surface area contributed by atoms with E-state index in [9.17, 15) is 4.79 Å². The summed E-state index contributed by atoms with van der Waals surface area (Å²) in [6.45, 7) is 3.86. The van der Waals surface area contributed by atoms with Crippen LogP contribution in [0.3, 0.4) is 0 Å². The fourth-order valence-electron chi connectivity index (χ4n) is 1.39. The number of hydrogen-bond donors (Lipinski definition) is 0. The van der Waals surface area contributed by atoms with Crippen LogP contribution in [-0.4, -0.2) is 38.0 Å². The van der Waals surface area contributed by atoms with Gasteiger partial charge in [0, 0.05) is 32.5 Å². The lowest BCUT2D eigenvalue weighted by atomic mass is 10.1. The van der Waals surface area contributed by atoms with Crippen molar-refractivity contribution in [2.75, 3.05) is 21.2 Å². The quantitative estimate of drug-likeness (QED) is 0.569. The van der Waals surface area contributed by atoms with Gasteiger partial charge in [0.15, 0.2) is 5.78 Å². The third-order valence-electron chi connectivity index (χ3n) is 2.61. The van der Waals surface area contributed by atoms with Gasteiger partial charge in [0.25, 0.3) is 0 Å². The van der Waals surface area contributed by atoms with Crippen LogP contribution in [0.1, 0.15) is 10.4 Å². The van der Waals surface area contributed by atoms with Gasteiger partial charge in [0.2, 0.25) is 0 Å². The molecule has 0 aliphatic carbocycles. The topological polar surface area (TPSA) is 29.5 Å². The molecule has 1 unspecified atom stereocenters. The zero-order chi connectivity index (χ0) is 13.5. The molecule has 3 heteroatoms. The van der Waals surface area contributed by atoms with Crippen LogP contribution in [0.25, 0.3) is 0 Å². The lowest BCUT2D eigenvalue weighted by Gasteiger charge is -2.13. The molecule has 0 bridgehead atoms. The summed E-state index contributed by atoms with van der Waals surface area (Å²) in [4.78, 5) is 14.0. The van der Waals surface area contributed by atoms with Crippen molar-refractivity contribution in [3.63, 3.8) is 0 Å². The number of benzene rings is 1. The van der Waals surface area contributed by atoms with E-state index in [2.05, 4.69) is 6.58 Å². The Bertz CT molecular complexity index is 435. The molecule has 0 aliphatic heterocycles. The van der Waals surface area contributed by atoms with Crippen LogP contribution >= 0.6 is 0 Å². The molecule has 0 N–H and O–H groups in total. The van der Waals surface area contributed by atoms with E-state index in [1.807, 2.05) is 37.2 Å². The zero-order valence-electron chi connectivity index (χ0n) is 11.1. The third kappa shape index (κ3) is 3.86. The first-order valence-corrected chi connectivity index (χ1v) is 5.72. The number of likely N-dealkylation sites (N-methyl/N-ethyl adjacent to an activating group) is 1. The van der Waals surface area contributed by atoms with E-state index in [0.717, 1.165) is 5.70 Å². The number of nitrogens with zero attached hydrogens (tertiary/aromatic N) is 1. The van der Waals surface area contributed by atoms with Crippen molar-refractivity contribution in [2.45, 2.75) is 6.10 Å². The second-order valence-electron chi connectivity index (χ2n) is 4.13. The summed E-state index contributed by atoms with van der Waals surface area (Å²) in [6.07, 6.45) is 2.93. The first-order chi connectivity index (χ1) is 8.56. The van der Waals surface area contributed by atoms with Crippen molar-refractivity contribution in [2.24, 2.45) is 0 Å². The van der Waals surface area contributed by atoms with E-state index in [1.54, 1.807) is 24.3 Å². The zero-order valence-corrected chi connectivity index (χ0v) is 11.1. The van der Waals surface area contributed by atoms with Gasteiger partial charge >= 0.3 is 0 Å². The van der Waals surface area contributed by atoms with E-state index < -0.39 is 6.10 Å². The number of allylic oxidation sites excluding steroid dienone is 1. The Morgan fingerprint density at radius 3 is 2.44 bits per heavy atom. The van der Waals surface area contributed by atoms with Crippen LogP contribution in [0.15, 0.2) is 54.8 Å². The molecule has 0 saturated carbocycles. The van der Waals surface area contributed by atoms with Crippen molar-refractivity contribution in [3.05, 3.63) is 60.3 Å². The number of ketones is 1. The average molecular weight is 245 g/mol. The van der Waals surface area contributed by atoms with E-state index in [4.69, 9.17) is 4.74 Å². The van der Waals surface area contributed by atoms with Crippen LogP contribution in [0, 0.1) is 0 Å². The minimum atomic E-state index is -0.580. The number of Topliss-reactive ketones (excluding diaryl/α,β-unsaturated/α-hetero) is 1. The van der Waals surface area contributed by atoms with Gasteiger partial charge in [-0.1, -0.05) is 36.9 Å². The van der Waals surface area contributed by atoms with Crippen LogP contribution in [0.2, 0.25) is 0 Å². The first kappa shape index (κ1) is 14.2. The molecule has 0 aromatic heterocycles. The molecule has 3 nitrogen and oxygen atoms in total. The summed E-state index contributed by atoms with van der Waals surface area (Å²) in [6, 6.07) is 9.11. The fourth-order valence-corrected chi connectivity index (χ4v) is 1.39. The predicted octanol–water partition coefficient (Wildman–Crippen LogP) is 2.52. The molecule has 0 saturated heterocycles. The number of ether oxygens (including phenoxy) is 1. The highest BCUT2D eigenvalue weighted by Gasteiger charge is 2.16. The molecule has 0 fully saturated rings. The molecular weight excluding hydrogens is 226 g/mol. The maximum Gasteiger partial charge on any atom is 0.195 e. The summed E-state index contributed by atoms with van der Waals surface area (Å²) < 4.78 is 5.20. The van der Waals surface area contributed by atoms with E-state index in [1.165, 1.54) is 7.11 Å². The second-order valence-corrected chi connectivity index (χ2v) is 4.13. The Balaban J connectivity index is 2.79. The highest BCUT2D eigenvalue weighted by molar-refractivity contribution is 6.00. The summed E-state index contributed by atoms with van der Waals surface area (Å²) in [7, 11) is 5.31. The molecule has 1 atom stereocenters. The molecule has 1 aromatic carbocycles. The molecule has 0 spiro atoms. The molecular formula is C15H19NO2. The minimum absolute atomic E-state index is 0.0547. The number of carbonyl (C=O) groups excluding carboxylic acids is 1. The molecule has 18 heavy (non-hydrogen) atoms. The Hall–Kier alpha value is -1.87. The van der Waals surface area contributed by atoms with Crippen molar-refractivity contribution in [3.8, 4) is 0 Å². The molecule has 0 amide bonds. The van der Waals surface area contributed by atoms with Gasteiger partial charge in [-0.05, 0) is 12.2 Å². The highest BCUT2D eigenvalue weighted by Crippen LogP contribution is 2.08.